The number of benzene rings is 2. The van der Waals surface area contributed by atoms with E-state index < -0.39 is 0 Å². The molecule has 2 aromatic carbocycles. The summed E-state index contributed by atoms with van der Waals surface area (Å²) in [5.41, 5.74) is 9.45. The molecule has 0 aromatic heterocycles. The van der Waals surface area contributed by atoms with E-state index in [1.54, 1.807) is 0 Å². The number of rotatable bonds is 5. The van der Waals surface area contributed by atoms with E-state index in [0.29, 0.717) is 17.5 Å². The Balaban J connectivity index is 1.70. The van der Waals surface area contributed by atoms with Crippen molar-refractivity contribution in [2.75, 3.05) is 29.1 Å². The SMILES string of the molecule is Cc1cccc(OCC(=O)Nc2cc(N)ccc2N2CCCC[C@H]2C)c1. The molecule has 0 unspecified atom stereocenters. The molecule has 0 saturated carbocycles. The molecule has 0 bridgehead atoms. The van der Waals surface area contributed by atoms with Crippen LogP contribution in [-0.4, -0.2) is 25.1 Å². The van der Waals surface area contributed by atoms with Gasteiger partial charge in [0.25, 0.3) is 5.91 Å². The Hall–Kier alpha value is -2.69. The third-order valence-electron chi connectivity index (χ3n) is 4.77. The van der Waals surface area contributed by atoms with E-state index in [2.05, 4.69) is 17.1 Å². The molecule has 1 aliphatic rings. The zero-order valence-corrected chi connectivity index (χ0v) is 15.5. The first kappa shape index (κ1) is 18.1. The molecule has 3 rings (SSSR count). The van der Waals surface area contributed by atoms with E-state index in [-0.39, 0.29) is 12.5 Å². The Kier molecular flexibility index (Phi) is 5.66. The van der Waals surface area contributed by atoms with Crippen molar-refractivity contribution in [1.82, 2.24) is 0 Å². The van der Waals surface area contributed by atoms with Crippen molar-refractivity contribution in [3.8, 4) is 5.75 Å². The molecule has 0 aliphatic carbocycles. The van der Waals surface area contributed by atoms with E-state index in [9.17, 15) is 4.79 Å². The van der Waals surface area contributed by atoms with Crippen LogP contribution in [-0.2, 0) is 4.79 Å². The predicted molar refractivity (Wildman–Crippen MR) is 107 cm³/mol. The number of amides is 1. The third kappa shape index (κ3) is 4.48. The number of ether oxygens (including phenoxy) is 1. The van der Waals surface area contributed by atoms with Crippen molar-refractivity contribution < 1.29 is 9.53 Å². The van der Waals surface area contributed by atoms with Crippen molar-refractivity contribution >= 4 is 23.0 Å². The van der Waals surface area contributed by atoms with Crippen LogP contribution in [0.3, 0.4) is 0 Å². The highest BCUT2D eigenvalue weighted by Crippen LogP contribution is 2.33. The van der Waals surface area contributed by atoms with E-state index >= 15 is 0 Å². The number of carbonyl (C=O) groups excluding carboxylic acids is 1. The molecular weight excluding hydrogens is 326 g/mol. The lowest BCUT2D eigenvalue weighted by Gasteiger charge is -2.36. The maximum Gasteiger partial charge on any atom is 0.262 e. The molecule has 1 atom stereocenters. The molecule has 1 saturated heterocycles. The second-order valence-corrected chi connectivity index (χ2v) is 6.97. The number of nitrogens with zero attached hydrogens (tertiary/aromatic N) is 1. The number of nitrogens with one attached hydrogen (secondary N) is 1. The van der Waals surface area contributed by atoms with Gasteiger partial charge in [-0.25, -0.2) is 0 Å². The van der Waals surface area contributed by atoms with Crippen molar-refractivity contribution in [3.05, 3.63) is 48.0 Å². The second-order valence-electron chi connectivity index (χ2n) is 6.97. The minimum atomic E-state index is -0.192. The molecule has 5 nitrogen and oxygen atoms in total. The van der Waals surface area contributed by atoms with Crippen LogP contribution in [0.15, 0.2) is 42.5 Å². The summed E-state index contributed by atoms with van der Waals surface area (Å²) in [5.74, 6) is 0.501. The van der Waals surface area contributed by atoms with Crippen molar-refractivity contribution in [3.63, 3.8) is 0 Å². The van der Waals surface area contributed by atoms with Gasteiger partial charge in [0.1, 0.15) is 5.75 Å². The second kappa shape index (κ2) is 8.13. The van der Waals surface area contributed by atoms with Gasteiger partial charge in [-0.15, -0.1) is 0 Å². The molecular formula is C21H27N3O2. The van der Waals surface area contributed by atoms with Gasteiger partial charge in [-0.3, -0.25) is 4.79 Å². The first-order valence-corrected chi connectivity index (χ1v) is 9.18. The number of hydrogen-bond donors (Lipinski definition) is 2. The standard InChI is InChI=1S/C21H27N3O2/c1-15-6-5-8-18(12-15)26-14-21(25)23-19-13-17(22)9-10-20(19)24-11-4-3-7-16(24)2/h5-6,8-10,12-13,16H,3-4,7,11,14,22H2,1-2H3,(H,23,25)/t16-/m1/s1. The fraction of sp³-hybridized carbons (Fsp3) is 0.381. The van der Waals surface area contributed by atoms with Crippen LogP contribution >= 0.6 is 0 Å². The molecule has 1 fully saturated rings. The molecule has 26 heavy (non-hydrogen) atoms. The Morgan fingerprint density at radius 1 is 1.27 bits per heavy atom. The number of hydrogen-bond acceptors (Lipinski definition) is 4. The maximum absolute atomic E-state index is 12.4. The van der Waals surface area contributed by atoms with Crippen LogP contribution in [0, 0.1) is 6.92 Å². The summed E-state index contributed by atoms with van der Waals surface area (Å²) in [6.45, 7) is 5.18. The molecule has 138 valence electrons. The Labute approximate surface area is 155 Å². The van der Waals surface area contributed by atoms with E-state index in [1.807, 2.05) is 49.4 Å². The lowest BCUT2D eigenvalue weighted by Crippen LogP contribution is -2.38. The van der Waals surface area contributed by atoms with Crippen LogP contribution in [0.2, 0.25) is 0 Å². The smallest absolute Gasteiger partial charge is 0.262 e. The lowest BCUT2D eigenvalue weighted by atomic mass is 10.0. The van der Waals surface area contributed by atoms with Gasteiger partial charge in [0.15, 0.2) is 6.61 Å². The predicted octanol–water partition coefficient (Wildman–Crippen LogP) is 3.97. The number of nitrogen functional groups attached to an aromatic ring is 1. The number of nitrogens with two attached hydrogens (primary N) is 1. The van der Waals surface area contributed by atoms with Gasteiger partial charge in [0.2, 0.25) is 0 Å². The molecule has 5 heteroatoms. The van der Waals surface area contributed by atoms with Gasteiger partial charge in [-0.05, 0) is 69.0 Å². The average molecular weight is 353 g/mol. The van der Waals surface area contributed by atoms with Crippen molar-refractivity contribution in [2.24, 2.45) is 0 Å². The maximum atomic E-state index is 12.4. The normalized spacial score (nSPS) is 17.0. The fourth-order valence-electron chi connectivity index (χ4n) is 3.40. The van der Waals surface area contributed by atoms with Gasteiger partial charge in [0, 0.05) is 18.3 Å². The minimum Gasteiger partial charge on any atom is -0.484 e. The summed E-state index contributed by atoms with van der Waals surface area (Å²) in [7, 11) is 0. The Morgan fingerprint density at radius 3 is 2.88 bits per heavy atom. The first-order chi connectivity index (χ1) is 12.5. The number of carbonyl (C=O) groups is 1. The zero-order valence-electron chi connectivity index (χ0n) is 15.5. The van der Waals surface area contributed by atoms with Crippen molar-refractivity contribution in [2.45, 2.75) is 39.2 Å². The van der Waals surface area contributed by atoms with Crippen LogP contribution in [0.1, 0.15) is 31.7 Å². The van der Waals surface area contributed by atoms with Crippen LogP contribution in [0.4, 0.5) is 17.1 Å². The largest absolute Gasteiger partial charge is 0.484 e. The fourth-order valence-corrected chi connectivity index (χ4v) is 3.40. The van der Waals surface area contributed by atoms with Crippen LogP contribution in [0.5, 0.6) is 5.75 Å². The van der Waals surface area contributed by atoms with E-state index in [0.717, 1.165) is 29.9 Å². The number of piperidine rings is 1. The van der Waals surface area contributed by atoms with Gasteiger partial charge in [-0.2, -0.15) is 0 Å². The van der Waals surface area contributed by atoms with Crippen LogP contribution in [0.25, 0.3) is 0 Å². The summed E-state index contributed by atoms with van der Waals surface area (Å²) >= 11 is 0. The van der Waals surface area contributed by atoms with Gasteiger partial charge >= 0.3 is 0 Å². The Morgan fingerprint density at radius 2 is 2.12 bits per heavy atom. The summed E-state index contributed by atoms with van der Waals surface area (Å²) in [4.78, 5) is 14.8. The molecule has 3 N–H and O–H groups in total. The molecule has 0 radical (unpaired) electrons. The highest BCUT2D eigenvalue weighted by atomic mass is 16.5. The average Bonchev–Trinajstić information content (AvgIpc) is 2.61. The molecule has 1 aliphatic heterocycles. The van der Waals surface area contributed by atoms with Gasteiger partial charge < -0.3 is 20.7 Å². The summed E-state index contributed by atoms with van der Waals surface area (Å²) in [6.07, 6.45) is 3.57. The minimum absolute atomic E-state index is 0.0345. The summed E-state index contributed by atoms with van der Waals surface area (Å²) < 4.78 is 5.60. The summed E-state index contributed by atoms with van der Waals surface area (Å²) in [6, 6.07) is 13.8. The monoisotopic (exact) mass is 353 g/mol. The van der Waals surface area contributed by atoms with E-state index in [4.69, 9.17) is 10.5 Å². The number of anilines is 3. The van der Waals surface area contributed by atoms with Crippen LogP contribution < -0.4 is 20.7 Å². The topological polar surface area (TPSA) is 67.6 Å². The summed E-state index contributed by atoms with van der Waals surface area (Å²) in [5, 5.41) is 2.97. The molecule has 2 aromatic rings. The third-order valence-corrected chi connectivity index (χ3v) is 4.77. The Bertz CT molecular complexity index is 776. The molecule has 1 heterocycles. The van der Waals surface area contributed by atoms with Crippen molar-refractivity contribution in [1.29, 1.82) is 0 Å². The van der Waals surface area contributed by atoms with Gasteiger partial charge in [0.05, 0.1) is 11.4 Å². The quantitative estimate of drug-likeness (QED) is 0.798. The van der Waals surface area contributed by atoms with Gasteiger partial charge in [-0.1, -0.05) is 12.1 Å². The molecule has 1 amide bonds. The highest BCUT2D eigenvalue weighted by Gasteiger charge is 2.21. The highest BCUT2D eigenvalue weighted by molar-refractivity contribution is 5.96. The molecule has 0 spiro atoms. The van der Waals surface area contributed by atoms with E-state index in [1.165, 1.54) is 12.8 Å². The lowest BCUT2D eigenvalue weighted by molar-refractivity contribution is -0.118. The number of aryl methyl sites for hydroxylation is 1. The zero-order chi connectivity index (χ0) is 18.5. The first-order valence-electron chi connectivity index (χ1n) is 9.18.